The average molecular weight is 284 g/mol. The molecule has 0 spiro atoms. The zero-order chi connectivity index (χ0) is 13.0. The van der Waals surface area contributed by atoms with Crippen molar-refractivity contribution in [2.24, 2.45) is 0 Å². The number of rotatable bonds is 5. The van der Waals surface area contributed by atoms with Gasteiger partial charge < -0.3 is 10.1 Å². The van der Waals surface area contributed by atoms with Crippen molar-refractivity contribution in [3.63, 3.8) is 0 Å². The summed E-state index contributed by atoms with van der Waals surface area (Å²) < 4.78 is 5.78. The van der Waals surface area contributed by atoms with Crippen LogP contribution in [0.4, 0.5) is 0 Å². The van der Waals surface area contributed by atoms with Gasteiger partial charge in [-0.2, -0.15) is 0 Å². The van der Waals surface area contributed by atoms with Crippen molar-refractivity contribution < 1.29 is 4.74 Å². The van der Waals surface area contributed by atoms with E-state index >= 15 is 0 Å². The molecule has 0 saturated carbocycles. The molecule has 2 aromatic rings. The lowest BCUT2D eigenvalue weighted by Crippen LogP contribution is -2.04. The summed E-state index contributed by atoms with van der Waals surface area (Å²) in [6.07, 6.45) is -0.133. The van der Waals surface area contributed by atoms with E-state index in [2.05, 4.69) is 15.5 Å². The minimum absolute atomic E-state index is 0.133. The van der Waals surface area contributed by atoms with Gasteiger partial charge in [0.1, 0.15) is 16.9 Å². The Labute approximate surface area is 115 Å². The molecule has 0 amide bonds. The zero-order valence-electron chi connectivity index (χ0n) is 10.2. The minimum atomic E-state index is -0.133. The van der Waals surface area contributed by atoms with Gasteiger partial charge in [-0.25, -0.2) is 0 Å². The van der Waals surface area contributed by atoms with E-state index in [4.69, 9.17) is 16.3 Å². The number of halogens is 1. The molecule has 1 aromatic heterocycles. The van der Waals surface area contributed by atoms with E-state index < -0.39 is 0 Å². The average Bonchev–Trinajstić information content (AvgIpc) is 2.78. The number of hydrogen-bond acceptors (Lipinski definition) is 5. The van der Waals surface area contributed by atoms with Gasteiger partial charge in [-0.15, -0.1) is 10.2 Å². The van der Waals surface area contributed by atoms with Crippen LogP contribution in [0.5, 0.6) is 5.75 Å². The molecule has 0 fully saturated rings. The number of aromatic nitrogens is 2. The second kappa shape index (κ2) is 6.13. The third kappa shape index (κ3) is 3.41. The number of hydrogen-bond donors (Lipinski definition) is 1. The van der Waals surface area contributed by atoms with Crippen molar-refractivity contribution in [1.29, 1.82) is 0 Å². The van der Waals surface area contributed by atoms with Crippen LogP contribution in [0.2, 0.25) is 5.02 Å². The molecule has 96 valence electrons. The van der Waals surface area contributed by atoms with Crippen LogP contribution in [0, 0.1) is 0 Å². The van der Waals surface area contributed by atoms with Gasteiger partial charge in [0.15, 0.2) is 5.01 Å². The monoisotopic (exact) mass is 283 g/mol. The highest BCUT2D eigenvalue weighted by Crippen LogP contribution is 2.25. The van der Waals surface area contributed by atoms with E-state index in [-0.39, 0.29) is 6.10 Å². The summed E-state index contributed by atoms with van der Waals surface area (Å²) in [4.78, 5) is 0. The lowest BCUT2D eigenvalue weighted by atomic mass is 10.3. The highest BCUT2D eigenvalue weighted by molar-refractivity contribution is 7.11. The molecule has 0 aliphatic heterocycles. The van der Waals surface area contributed by atoms with Crippen LogP contribution in [-0.4, -0.2) is 17.2 Å². The highest BCUT2D eigenvalue weighted by atomic mass is 35.5. The molecule has 0 aliphatic carbocycles. The zero-order valence-corrected chi connectivity index (χ0v) is 11.8. The second-order valence-corrected chi connectivity index (χ2v) is 5.31. The Bertz CT molecular complexity index is 518. The first-order valence-electron chi connectivity index (χ1n) is 5.58. The molecule has 6 heteroatoms. The summed E-state index contributed by atoms with van der Waals surface area (Å²) in [5, 5.41) is 13.7. The number of nitrogens with one attached hydrogen (secondary N) is 1. The Balaban J connectivity index is 2.04. The number of ether oxygens (including phenoxy) is 1. The maximum Gasteiger partial charge on any atom is 0.157 e. The first kappa shape index (κ1) is 13.3. The maximum absolute atomic E-state index is 5.91. The smallest absolute Gasteiger partial charge is 0.157 e. The Kier molecular flexibility index (Phi) is 4.52. The van der Waals surface area contributed by atoms with Gasteiger partial charge in [0.05, 0.1) is 0 Å². The molecule has 1 N–H and O–H groups in total. The summed E-state index contributed by atoms with van der Waals surface area (Å²) in [5.74, 6) is 0.736. The molecular formula is C12H14ClN3OS. The third-order valence-electron chi connectivity index (χ3n) is 2.27. The normalized spacial score (nSPS) is 12.4. The van der Waals surface area contributed by atoms with Crippen molar-refractivity contribution >= 4 is 22.9 Å². The quantitative estimate of drug-likeness (QED) is 0.916. The van der Waals surface area contributed by atoms with Gasteiger partial charge in [-0.3, -0.25) is 0 Å². The van der Waals surface area contributed by atoms with Crippen LogP contribution in [0.3, 0.4) is 0 Å². The van der Waals surface area contributed by atoms with E-state index in [0.29, 0.717) is 5.02 Å². The van der Waals surface area contributed by atoms with Crippen LogP contribution in [0.1, 0.15) is 23.0 Å². The Morgan fingerprint density at radius 3 is 3.00 bits per heavy atom. The van der Waals surface area contributed by atoms with E-state index in [0.717, 1.165) is 22.3 Å². The van der Waals surface area contributed by atoms with Gasteiger partial charge >= 0.3 is 0 Å². The number of benzene rings is 1. The molecule has 18 heavy (non-hydrogen) atoms. The molecule has 2 rings (SSSR count). The molecule has 1 aromatic carbocycles. The Morgan fingerprint density at radius 2 is 2.28 bits per heavy atom. The standard InChI is InChI=1S/C12H14ClN3OS/c1-8(12-16-15-11(18-12)7-14-2)17-10-5-3-4-9(13)6-10/h3-6,8,14H,7H2,1-2H3. The summed E-state index contributed by atoms with van der Waals surface area (Å²) >= 11 is 7.45. The Morgan fingerprint density at radius 1 is 1.44 bits per heavy atom. The van der Waals surface area contributed by atoms with E-state index in [1.165, 1.54) is 0 Å². The van der Waals surface area contributed by atoms with Gasteiger partial charge in [0.25, 0.3) is 0 Å². The molecule has 1 unspecified atom stereocenters. The molecule has 1 atom stereocenters. The van der Waals surface area contributed by atoms with Crippen molar-refractivity contribution in [2.75, 3.05) is 7.05 Å². The predicted octanol–water partition coefficient (Wildman–Crippen LogP) is 3.05. The Hall–Kier alpha value is -1.17. The number of nitrogens with zero attached hydrogens (tertiary/aromatic N) is 2. The van der Waals surface area contributed by atoms with Gasteiger partial charge in [0.2, 0.25) is 0 Å². The lowest BCUT2D eigenvalue weighted by molar-refractivity contribution is 0.225. The molecular weight excluding hydrogens is 270 g/mol. The molecule has 1 heterocycles. The minimum Gasteiger partial charge on any atom is -0.483 e. The van der Waals surface area contributed by atoms with Crippen LogP contribution in [-0.2, 0) is 6.54 Å². The van der Waals surface area contributed by atoms with Gasteiger partial charge in [-0.1, -0.05) is 29.0 Å². The SMILES string of the molecule is CNCc1nnc(C(C)Oc2cccc(Cl)c2)s1. The van der Waals surface area contributed by atoms with E-state index in [1.807, 2.05) is 32.2 Å². The first-order valence-corrected chi connectivity index (χ1v) is 6.77. The van der Waals surface area contributed by atoms with Crippen LogP contribution in [0.15, 0.2) is 24.3 Å². The fraction of sp³-hybridized carbons (Fsp3) is 0.333. The van der Waals surface area contributed by atoms with Crippen LogP contribution < -0.4 is 10.1 Å². The maximum atomic E-state index is 5.91. The molecule has 0 radical (unpaired) electrons. The second-order valence-electron chi connectivity index (χ2n) is 3.78. The molecule has 0 aliphatic rings. The summed E-state index contributed by atoms with van der Waals surface area (Å²) in [5.41, 5.74) is 0. The van der Waals surface area contributed by atoms with Crippen molar-refractivity contribution in [3.05, 3.63) is 39.3 Å². The van der Waals surface area contributed by atoms with Crippen molar-refractivity contribution in [3.8, 4) is 5.75 Å². The van der Waals surface area contributed by atoms with Gasteiger partial charge in [-0.05, 0) is 32.2 Å². The fourth-order valence-electron chi connectivity index (χ4n) is 1.45. The largest absolute Gasteiger partial charge is 0.483 e. The van der Waals surface area contributed by atoms with Crippen LogP contribution >= 0.6 is 22.9 Å². The van der Waals surface area contributed by atoms with E-state index in [1.54, 1.807) is 17.4 Å². The summed E-state index contributed by atoms with van der Waals surface area (Å²) in [6.45, 7) is 2.67. The fourth-order valence-corrected chi connectivity index (χ4v) is 2.46. The van der Waals surface area contributed by atoms with E-state index in [9.17, 15) is 0 Å². The van der Waals surface area contributed by atoms with Crippen molar-refractivity contribution in [1.82, 2.24) is 15.5 Å². The first-order chi connectivity index (χ1) is 8.69. The van der Waals surface area contributed by atoms with Crippen molar-refractivity contribution in [2.45, 2.75) is 19.6 Å². The summed E-state index contributed by atoms with van der Waals surface area (Å²) in [6, 6.07) is 7.33. The highest BCUT2D eigenvalue weighted by Gasteiger charge is 2.13. The van der Waals surface area contributed by atoms with Crippen LogP contribution in [0.25, 0.3) is 0 Å². The molecule has 0 bridgehead atoms. The third-order valence-corrected chi connectivity index (χ3v) is 3.59. The topological polar surface area (TPSA) is 47.0 Å². The molecule has 0 saturated heterocycles. The van der Waals surface area contributed by atoms with Gasteiger partial charge in [0, 0.05) is 11.6 Å². The lowest BCUT2D eigenvalue weighted by Gasteiger charge is -2.11. The summed E-state index contributed by atoms with van der Waals surface area (Å²) in [7, 11) is 1.88. The molecule has 4 nitrogen and oxygen atoms in total. The predicted molar refractivity (Wildman–Crippen MR) is 73.2 cm³/mol.